The van der Waals surface area contributed by atoms with Crippen molar-refractivity contribution in [2.45, 2.75) is 25.7 Å². The van der Waals surface area contributed by atoms with Crippen LogP contribution in [0.4, 0.5) is 17.1 Å². The predicted octanol–water partition coefficient (Wildman–Crippen LogP) is 6.90. The third kappa shape index (κ3) is 2.26. The van der Waals surface area contributed by atoms with Crippen LogP contribution in [0.2, 0.25) is 0 Å². The zero-order valence-corrected chi connectivity index (χ0v) is 19.2. The zero-order chi connectivity index (χ0) is 22.7. The van der Waals surface area contributed by atoms with Crippen molar-refractivity contribution in [2.75, 3.05) is 4.90 Å². The fraction of sp³-hybridized carbons (Fsp3) is 0.125. The average molecular weight is 448 g/mol. The van der Waals surface area contributed by atoms with E-state index in [2.05, 4.69) is 70.5 Å². The minimum Gasteiger partial charge on any atom is -0.306 e. The fourth-order valence-electron chi connectivity index (χ4n) is 6.96. The van der Waals surface area contributed by atoms with E-state index < -0.39 is 0 Å². The molecule has 9 rings (SSSR count). The van der Waals surface area contributed by atoms with Crippen molar-refractivity contribution < 1.29 is 0 Å². The maximum atomic E-state index is 4.79. The highest BCUT2D eigenvalue weighted by Crippen LogP contribution is 2.54. The minimum absolute atomic E-state index is 0.868. The van der Waals surface area contributed by atoms with Gasteiger partial charge in [-0.15, -0.1) is 0 Å². The Bertz CT molecular complexity index is 1760. The van der Waals surface area contributed by atoms with Gasteiger partial charge in [0, 0.05) is 25.2 Å². The number of rotatable bonds is 0. The van der Waals surface area contributed by atoms with Crippen LogP contribution < -0.4 is 4.90 Å². The molecule has 4 heterocycles. The summed E-state index contributed by atoms with van der Waals surface area (Å²) in [6, 6.07) is 22.9. The summed E-state index contributed by atoms with van der Waals surface area (Å²) in [5.41, 5.74) is 20.6. The smallest absolute Gasteiger partial charge is 0.0716 e. The molecule has 5 aromatic rings. The van der Waals surface area contributed by atoms with Gasteiger partial charge in [-0.3, -0.25) is 9.97 Å². The molecule has 2 aliphatic carbocycles. The molecule has 0 radical (unpaired) electrons. The van der Waals surface area contributed by atoms with E-state index in [0.29, 0.717) is 0 Å². The molecule has 3 aromatic carbocycles. The van der Waals surface area contributed by atoms with Crippen LogP contribution in [0.25, 0.3) is 22.3 Å². The van der Waals surface area contributed by atoms with Crippen molar-refractivity contribution in [2.24, 2.45) is 0 Å². The standard InChI is InChI=1S/C32H21N3/c1-2-4-24-18(3-1)11-22-15-26-23(14-25(22)24)12-20-5-6-29-27(31(20)26)13-21-8-10-34-28-16-19-7-9-33-17-30(19)35(29)32(21)28/h1-10,14-15,17H,11-13,16H2. The maximum Gasteiger partial charge on any atom is 0.0716 e. The van der Waals surface area contributed by atoms with Gasteiger partial charge < -0.3 is 4.90 Å². The highest BCUT2D eigenvalue weighted by Gasteiger charge is 2.36. The summed E-state index contributed by atoms with van der Waals surface area (Å²) in [5, 5.41) is 0. The summed E-state index contributed by atoms with van der Waals surface area (Å²) in [6.07, 6.45) is 9.78. The summed E-state index contributed by atoms with van der Waals surface area (Å²) in [7, 11) is 0. The summed E-state index contributed by atoms with van der Waals surface area (Å²) in [6.45, 7) is 0. The van der Waals surface area contributed by atoms with Crippen molar-refractivity contribution in [3.63, 3.8) is 0 Å². The predicted molar refractivity (Wildman–Crippen MR) is 139 cm³/mol. The summed E-state index contributed by atoms with van der Waals surface area (Å²) in [5.74, 6) is 0. The number of aromatic nitrogens is 2. The molecule has 3 nitrogen and oxygen atoms in total. The fourth-order valence-corrected chi connectivity index (χ4v) is 6.96. The molecule has 2 aliphatic heterocycles. The highest BCUT2D eigenvalue weighted by atomic mass is 15.2. The lowest BCUT2D eigenvalue weighted by atomic mass is 9.85. The van der Waals surface area contributed by atoms with Gasteiger partial charge in [-0.25, -0.2) is 0 Å². The van der Waals surface area contributed by atoms with Crippen LogP contribution in [-0.4, -0.2) is 9.97 Å². The van der Waals surface area contributed by atoms with E-state index in [1.54, 1.807) is 0 Å². The van der Waals surface area contributed by atoms with Gasteiger partial charge in [0.1, 0.15) is 0 Å². The second kappa shape index (κ2) is 6.25. The zero-order valence-electron chi connectivity index (χ0n) is 19.2. The number of anilines is 3. The number of pyridine rings is 2. The van der Waals surface area contributed by atoms with Gasteiger partial charge in [-0.2, -0.15) is 0 Å². The highest BCUT2D eigenvalue weighted by molar-refractivity contribution is 5.95. The maximum absolute atomic E-state index is 4.79. The van der Waals surface area contributed by atoms with Crippen molar-refractivity contribution in [1.82, 2.24) is 9.97 Å². The van der Waals surface area contributed by atoms with Gasteiger partial charge in [0.25, 0.3) is 0 Å². The van der Waals surface area contributed by atoms with Gasteiger partial charge in [0.2, 0.25) is 0 Å². The van der Waals surface area contributed by atoms with E-state index in [0.717, 1.165) is 25.7 Å². The van der Waals surface area contributed by atoms with E-state index >= 15 is 0 Å². The van der Waals surface area contributed by atoms with Gasteiger partial charge in [0.15, 0.2) is 0 Å². The molecule has 35 heavy (non-hydrogen) atoms. The number of hydrogen-bond acceptors (Lipinski definition) is 3. The van der Waals surface area contributed by atoms with E-state index in [1.165, 1.54) is 84.0 Å². The van der Waals surface area contributed by atoms with Crippen LogP contribution in [0.1, 0.15) is 44.6 Å². The monoisotopic (exact) mass is 447 g/mol. The first kappa shape index (κ1) is 18.1. The lowest BCUT2D eigenvalue weighted by Gasteiger charge is -2.39. The minimum atomic E-state index is 0.868. The molecule has 0 atom stereocenters. The topological polar surface area (TPSA) is 29.0 Å². The first-order chi connectivity index (χ1) is 17.3. The summed E-state index contributed by atoms with van der Waals surface area (Å²) in [4.78, 5) is 11.7. The van der Waals surface area contributed by atoms with Gasteiger partial charge in [-0.05, 0) is 104 Å². The van der Waals surface area contributed by atoms with Crippen molar-refractivity contribution in [3.8, 4) is 22.3 Å². The third-order valence-electron chi connectivity index (χ3n) is 8.44. The Morgan fingerprint density at radius 1 is 0.600 bits per heavy atom. The number of nitrogens with zero attached hydrogens (tertiary/aromatic N) is 3. The Labute approximate surface area is 203 Å². The normalized spacial score (nSPS) is 14.9. The van der Waals surface area contributed by atoms with Gasteiger partial charge in [0.05, 0.1) is 29.0 Å². The van der Waals surface area contributed by atoms with Crippen molar-refractivity contribution >= 4 is 17.1 Å². The first-order valence-corrected chi connectivity index (χ1v) is 12.4. The molecule has 3 heteroatoms. The van der Waals surface area contributed by atoms with Crippen LogP contribution >= 0.6 is 0 Å². The summed E-state index contributed by atoms with van der Waals surface area (Å²) >= 11 is 0. The van der Waals surface area contributed by atoms with E-state index in [9.17, 15) is 0 Å². The molecule has 0 saturated heterocycles. The van der Waals surface area contributed by atoms with Crippen LogP contribution in [0.3, 0.4) is 0 Å². The Kier molecular flexibility index (Phi) is 3.24. The summed E-state index contributed by atoms with van der Waals surface area (Å²) < 4.78 is 0. The van der Waals surface area contributed by atoms with Crippen LogP contribution in [0, 0.1) is 0 Å². The number of benzene rings is 3. The molecule has 0 spiro atoms. The molecule has 0 unspecified atom stereocenters. The Morgan fingerprint density at radius 2 is 1.46 bits per heavy atom. The molecule has 164 valence electrons. The van der Waals surface area contributed by atoms with Gasteiger partial charge in [-0.1, -0.05) is 30.3 Å². The third-order valence-corrected chi connectivity index (χ3v) is 8.44. The second-order valence-electron chi connectivity index (χ2n) is 10.2. The number of hydrogen-bond donors (Lipinski definition) is 0. The second-order valence-corrected chi connectivity index (χ2v) is 10.2. The van der Waals surface area contributed by atoms with Crippen LogP contribution in [0.15, 0.2) is 79.3 Å². The first-order valence-electron chi connectivity index (χ1n) is 12.4. The lowest BCUT2D eigenvalue weighted by Crippen LogP contribution is -2.26. The van der Waals surface area contributed by atoms with E-state index in [4.69, 9.17) is 4.98 Å². The van der Waals surface area contributed by atoms with Crippen LogP contribution in [-0.2, 0) is 25.7 Å². The van der Waals surface area contributed by atoms with E-state index in [1.807, 2.05) is 18.6 Å². The molecular formula is C32H21N3. The SMILES string of the molecule is c1ccc2c(c1)Cc1cc3c(cc1-2)Cc1ccc2c(c1-3)Cc1ccnc3c1N2c1cnccc1C3. The number of fused-ring (bicyclic) bond motifs is 11. The molecule has 0 saturated carbocycles. The molecule has 4 aliphatic rings. The molecule has 0 bridgehead atoms. The van der Waals surface area contributed by atoms with Gasteiger partial charge >= 0.3 is 0 Å². The van der Waals surface area contributed by atoms with Crippen molar-refractivity contribution in [3.05, 3.63) is 124 Å². The molecule has 2 aromatic heterocycles. The Hall–Kier alpha value is -4.24. The lowest BCUT2D eigenvalue weighted by molar-refractivity contribution is 0.953. The largest absolute Gasteiger partial charge is 0.306 e. The Morgan fingerprint density at radius 3 is 2.46 bits per heavy atom. The molecule has 0 N–H and O–H groups in total. The average Bonchev–Trinajstić information content (AvgIpc) is 3.44. The van der Waals surface area contributed by atoms with Crippen LogP contribution in [0.5, 0.6) is 0 Å². The molecule has 0 amide bonds. The Balaban J connectivity index is 1.28. The van der Waals surface area contributed by atoms with Crippen molar-refractivity contribution in [1.29, 1.82) is 0 Å². The quantitative estimate of drug-likeness (QED) is 0.253. The molecular weight excluding hydrogens is 426 g/mol. The molecule has 0 fully saturated rings. The van der Waals surface area contributed by atoms with E-state index in [-0.39, 0.29) is 0 Å².